The summed E-state index contributed by atoms with van der Waals surface area (Å²) in [4.78, 5) is 7.99. The normalized spacial score (nSPS) is 9.27. The number of nitrogens with zero attached hydrogens (tertiary/aromatic N) is 2. The second-order valence-corrected chi connectivity index (χ2v) is 2.15. The van der Waals surface area contributed by atoms with Gasteiger partial charge in [-0.1, -0.05) is 6.58 Å². The zero-order chi connectivity index (χ0) is 8.27. The molecule has 0 aromatic carbocycles. The van der Waals surface area contributed by atoms with Gasteiger partial charge in [-0.25, -0.2) is 9.97 Å². The van der Waals surface area contributed by atoms with Crippen LogP contribution in [0, 0.1) is 6.92 Å². The maximum Gasteiger partial charge on any atom is 0.125 e. The maximum absolute atomic E-state index is 4.90. The predicted molar refractivity (Wildman–Crippen MR) is 42.8 cm³/mol. The van der Waals surface area contributed by atoms with Crippen molar-refractivity contribution < 1.29 is 4.74 Å². The van der Waals surface area contributed by atoms with Crippen LogP contribution >= 0.6 is 0 Å². The molecule has 58 valence electrons. The van der Waals surface area contributed by atoms with E-state index < -0.39 is 0 Å². The zero-order valence-corrected chi connectivity index (χ0v) is 6.66. The van der Waals surface area contributed by atoms with E-state index in [2.05, 4.69) is 16.5 Å². The van der Waals surface area contributed by atoms with Gasteiger partial charge in [0.05, 0.1) is 12.7 Å². The summed E-state index contributed by atoms with van der Waals surface area (Å²) in [6.07, 6.45) is 3.38. The molecule has 0 radical (unpaired) electrons. The summed E-state index contributed by atoms with van der Waals surface area (Å²) < 4.78 is 4.90. The molecule has 0 aliphatic heterocycles. The minimum atomic E-state index is 0.588. The third-order valence-electron chi connectivity index (χ3n) is 1.35. The van der Waals surface area contributed by atoms with Crippen LogP contribution in [0.25, 0.3) is 5.76 Å². The topological polar surface area (TPSA) is 35.0 Å². The molecule has 0 fully saturated rings. The molecule has 0 unspecified atom stereocenters. The SMILES string of the molecule is C=C(OC)c1cnc(C)nc1. The third-order valence-corrected chi connectivity index (χ3v) is 1.35. The smallest absolute Gasteiger partial charge is 0.125 e. The average molecular weight is 150 g/mol. The van der Waals surface area contributed by atoms with Gasteiger partial charge in [0.2, 0.25) is 0 Å². The summed E-state index contributed by atoms with van der Waals surface area (Å²) >= 11 is 0. The number of rotatable bonds is 2. The van der Waals surface area contributed by atoms with Gasteiger partial charge in [-0.15, -0.1) is 0 Å². The molecule has 0 aliphatic carbocycles. The Balaban J connectivity index is 2.90. The first-order chi connectivity index (χ1) is 5.24. The highest BCUT2D eigenvalue weighted by Crippen LogP contribution is 2.08. The Labute approximate surface area is 65.8 Å². The molecule has 3 heteroatoms. The second kappa shape index (κ2) is 3.14. The van der Waals surface area contributed by atoms with Crippen molar-refractivity contribution in [1.29, 1.82) is 0 Å². The van der Waals surface area contributed by atoms with E-state index in [0.29, 0.717) is 5.76 Å². The second-order valence-electron chi connectivity index (χ2n) is 2.15. The van der Waals surface area contributed by atoms with Crippen LogP contribution in [-0.2, 0) is 4.74 Å². The first-order valence-electron chi connectivity index (χ1n) is 3.26. The number of hydrogen-bond donors (Lipinski definition) is 0. The van der Waals surface area contributed by atoms with Crippen LogP contribution in [0.4, 0.5) is 0 Å². The largest absolute Gasteiger partial charge is 0.497 e. The van der Waals surface area contributed by atoms with Gasteiger partial charge in [0.1, 0.15) is 11.6 Å². The molecule has 3 nitrogen and oxygen atoms in total. The summed E-state index contributed by atoms with van der Waals surface area (Å²) in [7, 11) is 1.57. The number of methoxy groups -OCH3 is 1. The fourth-order valence-electron chi connectivity index (χ4n) is 0.654. The van der Waals surface area contributed by atoms with E-state index in [9.17, 15) is 0 Å². The highest BCUT2D eigenvalue weighted by atomic mass is 16.5. The Kier molecular flexibility index (Phi) is 2.21. The van der Waals surface area contributed by atoms with E-state index >= 15 is 0 Å². The van der Waals surface area contributed by atoms with Crippen molar-refractivity contribution in [1.82, 2.24) is 9.97 Å². The fraction of sp³-hybridized carbons (Fsp3) is 0.250. The van der Waals surface area contributed by atoms with E-state index in [-0.39, 0.29) is 0 Å². The molecule has 0 spiro atoms. The van der Waals surface area contributed by atoms with Crippen molar-refractivity contribution in [3.05, 3.63) is 30.4 Å². The number of aryl methyl sites for hydroxylation is 1. The third kappa shape index (κ3) is 1.77. The fourth-order valence-corrected chi connectivity index (χ4v) is 0.654. The average Bonchev–Trinajstić information content (AvgIpc) is 2.05. The van der Waals surface area contributed by atoms with E-state index in [0.717, 1.165) is 11.4 Å². The van der Waals surface area contributed by atoms with Crippen LogP contribution in [0.2, 0.25) is 0 Å². The van der Waals surface area contributed by atoms with Crippen LogP contribution in [0.1, 0.15) is 11.4 Å². The van der Waals surface area contributed by atoms with Crippen molar-refractivity contribution in [3.8, 4) is 0 Å². The maximum atomic E-state index is 4.90. The quantitative estimate of drug-likeness (QED) is 0.598. The Morgan fingerprint density at radius 2 is 2.00 bits per heavy atom. The lowest BCUT2D eigenvalue weighted by Gasteiger charge is -2.01. The van der Waals surface area contributed by atoms with Gasteiger partial charge in [0, 0.05) is 12.4 Å². The van der Waals surface area contributed by atoms with Crippen molar-refractivity contribution in [2.45, 2.75) is 6.92 Å². The van der Waals surface area contributed by atoms with E-state index in [1.54, 1.807) is 19.5 Å². The van der Waals surface area contributed by atoms with Crippen molar-refractivity contribution >= 4 is 5.76 Å². The molecule has 11 heavy (non-hydrogen) atoms. The molecule has 1 aromatic rings. The molecular weight excluding hydrogens is 140 g/mol. The molecule has 0 N–H and O–H groups in total. The summed E-state index contributed by atoms with van der Waals surface area (Å²) in [6.45, 7) is 5.50. The molecule has 0 saturated carbocycles. The summed E-state index contributed by atoms with van der Waals surface area (Å²) in [5, 5.41) is 0. The minimum Gasteiger partial charge on any atom is -0.497 e. The van der Waals surface area contributed by atoms with Gasteiger partial charge in [-0.05, 0) is 6.92 Å². The minimum absolute atomic E-state index is 0.588. The van der Waals surface area contributed by atoms with E-state index in [1.165, 1.54) is 0 Å². The molecule has 0 aliphatic rings. The molecule has 0 atom stereocenters. The summed E-state index contributed by atoms with van der Waals surface area (Å²) in [5.41, 5.74) is 0.818. The van der Waals surface area contributed by atoms with E-state index in [4.69, 9.17) is 4.74 Å². The Hall–Kier alpha value is -1.38. The van der Waals surface area contributed by atoms with Crippen LogP contribution in [-0.4, -0.2) is 17.1 Å². The Morgan fingerprint density at radius 3 is 2.45 bits per heavy atom. The molecule has 0 saturated heterocycles. The highest BCUT2D eigenvalue weighted by molar-refractivity contribution is 5.54. The Morgan fingerprint density at radius 1 is 1.45 bits per heavy atom. The van der Waals surface area contributed by atoms with Crippen LogP contribution in [0.3, 0.4) is 0 Å². The van der Waals surface area contributed by atoms with Crippen molar-refractivity contribution in [2.24, 2.45) is 0 Å². The summed E-state index contributed by atoms with van der Waals surface area (Å²) in [6, 6.07) is 0. The van der Waals surface area contributed by atoms with Gasteiger partial charge >= 0.3 is 0 Å². The lowest BCUT2D eigenvalue weighted by molar-refractivity contribution is 0.371. The monoisotopic (exact) mass is 150 g/mol. The molecule has 1 rings (SSSR count). The number of hydrogen-bond acceptors (Lipinski definition) is 3. The Bertz CT molecular complexity index is 253. The predicted octanol–water partition coefficient (Wildman–Crippen LogP) is 1.40. The molecule has 1 heterocycles. The standard InChI is InChI=1S/C8H10N2O/c1-6(11-3)8-4-9-7(2)10-5-8/h4-5H,1H2,2-3H3. The van der Waals surface area contributed by atoms with Crippen LogP contribution in [0.5, 0.6) is 0 Å². The van der Waals surface area contributed by atoms with Crippen molar-refractivity contribution in [3.63, 3.8) is 0 Å². The van der Waals surface area contributed by atoms with Crippen molar-refractivity contribution in [2.75, 3.05) is 7.11 Å². The van der Waals surface area contributed by atoms with Gasteiger partial charge in [0.15, 0.2) is 0 Å². The highest BCUT2D eigenvalue weighted by Gasteiger charge is 1.97. The summed E-state index contributed by atoms with van der Waals surface area (Å²) in [5.74, 6) is 1.34. The zero-order valence-electron chi connectivity index (χ0n) is 6.66. The molecule has 1 aromatic heterocycles. The van der Waals surface area contributed by atoms with Gasteiger partial charge in [-0.2, -0.15) is 0 Å². The van der Waals surface area contributed by atoms with Gasteiger partial charge in [-0.3, -0.25) is 0 Å². The molecular formula is C8H10N2O. The number of ether oxygens (including phenoxy) is 1. The van der Waals surface area contributed by atoms with Crippen LogP contribution < -0.4 is 0 Å². The number of aromatic nitrogens is 2. The van der Waals surface area contributed by atoms with Crippen LogP contribution in [0.15, 0.2) is 19.0 Å². The molecule has 0 bridgehead atoms. The molecule has 0 amide bonds. The van der Waals surface area contributed by atoms with Gasteiger partial charge < -0.3 is 4.74 Å². The first kappa shape index (κ1) is 7.72. The van der Waals surface area contributed by atoms with E-state index in [1.807, 2.05) is 6.92 Å². The van der Waals surface area contributed by atoms with Gasteiger partial charge in [0.25, 0.3) is 0 Å². The first-order valence-corrected chi connectivity index (χ1v) is 3.26. The lowest BCUT2D eigenvalue weighted by Crippen LogP contribution is -1.91. The lowest BCUT2D eigenvalue weighted by atomic mass is 10.3.